The minimum atomic E-state index is -0.960. The molecule has 0 atom stereocenters. The summed E-state index contributed by atoms with van der Waals surface area (Å²) in [5.74, 6) is 2.41. The van der Waals surface area contributed by atoms with E-state index in [9.17, 15) is 4.79 Å². The van der Waals surface area contributed by atoms with Crippen LogP contribution in [0.1, 0.15) is 6.42 Å². The minimum absolute atomic E-state index is 0.354. The predicted octanol–water partition coefficient (Wildman–Crippen LogP) is 2.26. The zero-order chi connectivity index (χ0) is 9.68. The minimum Gasteiger partial charge on any atom is -0.465 e. The van der Waals surface area contributed by atoms with Gasteiger partial charge in [0.1, 0.15) is 5.00 Å². The largest absolute Gasteiger partial charge is 0.465 e. The molecule has 0 aromatic carbocycles. The lowest BCUT2D eigenvalue weighted by Gasteiger charge is -2.14. The molecule has 4 heteroatoms. The topological polar surface area (TPSA) is 40.5 Å². The van der Waals surface area contributed by atoms with E-state index < -0.39 is 6.09 Å². The van der Waals surface area contributed by atoms with E-state index in [0.29, 0.717) is 18.0 Å². The van der Waals surface area contributed by atoms with Gasteiger partial charge in [0.05, 0.1) is 0 Å². The monoisotopic (exact) mass is 195 g/mol. The van der Waals surface area contributed by atoms with Crippen LogP contribution in [0.25, 0.3) is 0 Å². The first-order valence-electron chi connectivity index (χ1n) is 3.73. The third kappa shape index (κ3) is 2.49. The number of hydrogen-bond acceptors (Lipinski definition) is 2. The van der Waals surface area contributed by atoms with Gasteiger partial charge in [0.2, 0.25) is 0 Å². The van der Waals surface area contributed by atoms with Crippen LogP contribution in [0.15, 0.2) is 17.5 Å². The molecule has 1 N–H and O–H groups in total. The highest BCUT2D eigenvalue weighted by Crippen LogP contribution is 2.21. The highest BCUT2D eigenvalue weighted by atomic mass is 32.1. The quantitative estimate of drug-likeness (QED) is 0.751. The molecule has 0 aliphatic rings. The van der Waals surface area contributed by atoms with Crippen LogP contribution in [-0.2, 0) is 0 Å². The normalized spacial score (nSPS) is 9.15. The van der Waals surface area contributed by atoms with Crippen LogP contribution in [0.4, 0.5) is 9.80 Å². The molecular formula is C9H9NO2S. The second kappa shape index (κ2) is 4.53. The first kappa shape index (κ1) is 9.62. The Bertz CT molecular complexity index is 313. The summed E-state index contributed by atoms with van der Waals surface area (Å²) in [6.07, 6.45) is 4.54. The third-order valence-corrected chi connectivity index (χ3v) is 2.37. The lowest BCUT2D eigenvalue weighted by molar-refractivity contribution is 0.202. The Morgan fingerprint density at radius 2 is 2.54 bits per heavy atom. The zero-order valence-corrected chi connectivity index (χ0v) is 7.75. The molecule has 0 spiro atoms. The fourth-order valence-electron chi connectivity index (χ4n) is 0.900. The maximum Gasteiger partial charge on any atom is 0.412 e. The molecule has 0 saturated heterocycles. The number of anilines is 1. The first-order valence-corrected chi connectivity index (χ1v) is 4.61. The molecule has 1 heterocycles. The molecule has 1 rings (SSSR count). The van der Waals surface area contributed by atoms with Gasteiger partial charge in [-0.25, -0.2) is 4.79 Å². The molecule has 0 radical (unpaired) electrons. The van der Waals surface area contributed by atoms with E-state index in [-0.39, 0.29) is 0 Å². The van der Waals surface area contributed by atoms with Gasteiger partial charge in [-0.3, -0.25) is 4.90 Å². The van der Waals surface area contributed by atoms with Crippen molar-refractivity contribution >= 4 is 22.4 Å². The number of carboxylic acid groups (broad SMARTS) is 1. The number of rotatable bonds is 3. The van der Waals surface area contributed by atoms with E-state index in [2.05, 4.69) is 5.92 Å². The van der Waals surface area contributed by atoms with Gasteiger partial charge < -0.3 is 5.11 Å². The molecule has 0 saturated carbocycles. The summed E-state index contributed by atoms with van der Waals surface area (Å²) >= 11 is 1.39. The summed E-state index contributed by atoms with van der Waals surface area (Å²) in [6.45, 7) is 0.354. The zero-order valence-electron chi connectivity index (χ0n) is 6.93. The average molecular weight is 195 g/mol. The molecule has 0 aliphatic carbocycles. The smallest absolute Gasteiger partial charge is 0.412 e. The fourth-order valence-corrected chi connectivity index (χ4v) is 1.65. The van der Waals surface area contributed by atoms with Gasteiger partial charge in [-0.15, -0.1) is 23.7 Å². The summed E-state index contributed by atoms with van der Waals surface area (Å²) in [6, 6.07) is 3.57. The average Bonchev–Trinajstić information content (AvgIpc) is 2.57. The van der Waals surface area contributed by atoms with E-state index >= 15 is 0 Å². The van der Waals surface area contributed by atoms with Crippen molar-refractivity contribution < 1.29 is 9.90 Å². The van der Waals surface area contributed by atoms with Gasteiger partial charge >= 0.3 is 6.09 Å². The number of terminal acetylenes is 1. The highest BCUT2D eigenvalue weighted by molar-refractivity contribution is 7.14. The van der Waals surface area contributed by atoms with Crippen LogP contribution >= 0.6 is 11.3 Å². The number of nitrogens with zero attached hydrogens (tertiary/aromatic N) is 1. The standard InChI is InChI=1S/C9H9NO2S/c1-2-3-6-10(9(11)12)8-5-4-7-13-8/h1,4-5,7H,3,6H2,(H,11,12). The molecule has 1 amide bonds. The van der Waals surface area contributed by atoms with Crippen molar-refractivity contribution in [3.63, 3.8) is 0 Å². The third-order valence-electron chi connectivity index (χ3n) is 1.48. The van der Waals surface area contributed by atoms with Crippen LogP contribution in [0.2, 0.25) is 0 Å². The van der Waals surface area contributed by atoms with Gasteiger partial charge in [0, 0.05) is 13.0 Å². The van der Waals surface area contributed by atoms with E-state index in [1.165, 1.54) is 16.2 Å². The van der Waals surface area contributed by atoms with Crippen LogP contribution in [0, 0.1) is 12.3 Å². The second-order valence-electron chi connectivity index (χ2n) is 2.34. The van der Waals surface area contributed by atoms with Gasteiger partial charge in [0.15, 0.2) is 0 Å². The Labute approximate surface area is 80.6 Å². The van der Waals surface area contributed by atoms with Crippen LogP contribution in [0.5, 0.6) is 0 Å². The number of thiophene rings is 1. The van der Waals surface area contributed by atoms with E-state index in [0.717, 1.165) is 0 Å². The molecule has 0 bridgehead atoms. The Morgan fingerprint density at radius 1 is 1.77 bits per heavy atom. The molecule has 0 fully saturated rings. The van der Waals surface area contributed by atoms with Crippen molar-refractivity contribution in [3.8, 4) is 12.3 Å². The molecule has 1 aromatic rings. The molecule has 68 valence electrons. The Kier molecular flexibility index (Phi) is 3.35. The summed E-state index contributed by atoms with van der Waals surface area (Å²) in [5, 5.41) is 11.4. The van der Waals surface area contributed by atoms with E-state index in [1.807, 2.05) is 11.4 Å². The van der Waals surface area contributed by atoms with E-state index in [1.54, 1.807) is 6.07 Å². The highest BCUT2D eigenvalue weighted by Gasteiger charge is 2.13. The molecule has 1 aromatic heterocycles. The SMILES string of the molecule is C#CCCN(C(=O)O)c1cccs1. The number of hydrogen-bond donors (Lipinski definition) is 1. The maximum atomic E-state index is 10.8. The van der Waals surface area contributed by atoms with Crippen LogP contribution < -0.4 is 4.90 Å². The van der Waals surface area contributed by atoms with Gasteiger partial charge in [0.25, 0.3) is 0 Å². The molecule has 0 aliphatic heterocycles. The molecular weight excluding hydrogens is 186 g/mol. The van der Waals surface area contributed by atoms with Gasteiger partial charge in [-0.1, -0.05) is 0 Å². The Morgan fingerprint density at radius 3 is 3.00 bits per heavy atom. The van der Waals surface area contributed by atoms with Crippen molar-refractivity contribution in [2.24, 2.45) is 0 Å². The maximum absolute atomic E-state index is 10.8. The van der Waals surface area contributed by atoms with Crippen molar-refractivity contribution in [1.29, 1.82) is 0 Å². The van der Waals surface area contributed by atoms with E-state index in [4.69, 9.17) is 11.5 Å². The predicted molar refractivity (Wildman–Crippen MR) is 53.1 cm³/mol. The summed E-state index contributed by atoms with van der Waals surface area (Å²) in [7, 11) is 0. The number of amides is 1. The summed E-state index contributed by atoms with van der Waals surface area (Å²) in [5.41, 5.74) is 0. The molecule has 3 nitrogen and oxygen atoms in total. The van der Waals surface area contributed by atoms with Gasteiger partial charge in [-0.2, -0.15) is 0 Å². The lowest BCUT2D eigenvalue weighted by atomic mass is 10.4. The van der Waals surface area contributed by atoms with Crippen molar-refractivity contribution in [2.45, 2.75) is 6.42 Å². The van der Waals surface area contributed by atoms with Crippen molar-refractivity contribution in [2.75, 3.05) is 11.4 Å². The first-order chi connectivity index (χ1) is 6.25. The van der Waals surface area contributed by atoms with Gasteiger partial charge in [-0.05, 0) is 17.5 Å². The van der Waals surface area contributed by atoms with Crippen LogP contribution in [-0.4, -0.2) is 17.7 Å². The lowest BCUT2D eigenvalue weighted by Crippen LogP contribution is -2.29. The van der Waals surface area contributed by atoms with Crippen LogP contribution in [0.3, 0.4) is 0 Å². The Balaban J connectivity index is 2.70. The van der Waals surface area contributed by atoms with Crippen molar-refractivity contribution in [3.05, 3.63) is 17.5 Å². The van der Waals surface area contributed by atoms with Crippen molar-refractivity contribution in [1.82, 2.24) is 0 Å². The summed E-state index contributed by atoms with van der Waals surface area (Å²) < 4.78 is 0. The molecule has 13 heavy (non-hydrogen) atoms. The number of carbonyl (C=O) groups is 1. The Hall–Kier alpha value is -1.47. The fraction of sp³-hybridized carbons (Fsp3) is 0.222. The second-order valence-corrected chi connectivity index (χ2v) is 3.27. The summed E-state index contributed by atoms with van der Waals surface area (Å²) in [4.78, 5) is 12.0. The molecule has 0 unspecified atom stereocenters.